The summed E-state index contributed by atoms with van der Waals surface area (Å²) in [5.41, 5.74) is 1.34. The first-order valence-electron chi connectivity index (χ1n) is 7.38. The van der Waals surface area contributed by atoms with Crippen molar-refractivity contribution in [1.82, 2.24) is 0 Å². The summed E-state index contributed by atoms with van der Waals surface area (Å²) >= 11 is 0. The molecule has 24 heavy (non-hydrogen) atoms. The van der Waals surface area contributed by atoms with Gasteiger partial charge in [0.15, 0.2) is 5.78 Å². The lowest BCUT2D eigenvalue weighted by Crippen LogP contribution is -1.93. The second kappa shape index (κ2) is 6.96. The molecular weight excluding hydrogens is 307 g/mol. The van der Waals surface area contributed by atoms with Crippen molar-refractivity contribution in [2.75, 3.05) is 7.11 Å². The van der Waals surface area contributed by atoms with Crippen molar-refractivity contribution in [3.8, 4) is 17.1 Å². The number of furan rings is 1. The minimum atomic E-state index is -0.296. The van der Waals surface area contributed by atoms with Crippen molar-refractivity contribution in [3.63, 3.8) is 0 Å². The molecule has 1 heterocycles. The second-order valence-corrected chi connectivity index (χ2v) is 5.13. The van der Waals surface area contributed by atoms with Crippen molar-refractivity contribution >= 4 is 11.9 Å². The van der Waals surface area contributed by atoms with Crippen molar-refractivity contribution < 1.29 is 18.3 Å². The van der Waals surface area contributed by atoms with Crippen LogP contribution < -0.4 is 4.74 Å². The normalized spacial score (nSPS) is 10.9. The molecule has 0 aliphatic heterocycles. The molecule has 0 amide bonds. The lowest BCUT2D eigenvalue weighted by molar-refractivity contribution is 0.104. The zero-order chi connectivity index (χ0) is 16.9. The summed E-state index contributed by atoms with van der Waals surface area (Å²) in [6.07, 6.45) is 3.06. The summed E-state index contributed by atoms with van der Waals surface area (Å²) in [5.74, 6) is 1.45. The highest BCUT2D eigenvalue weighted by atomic mass is 19.1. The summed E-state index contributed by atoms with van der Waals surface area (Å²) in [7, 11) is 1.58. The number of hydrogen-bond acceptors (Lipinski definition) is 3. The standard InChI is InChI=1S/C20H15FO3/c1-23-17-8-4-14(5-9-17)19(22)12-10-18-11-13-20(24-18)15-2-6-16(21)7-3-15/h2-13H,1H3. The summed E-state index contributed by atoms with van der Waals surface area (Å²) < 4.78 is 23.7. The predicted octanol–water partition coefficient (Wildman–Crippen LogP) is 4.99. The van der Waals surface area contributed by atoms with E-state index in [1.165, 1.54) is 18.2 Å². The maximum absolute atomic E-state index is 12.9. The van der Waals surface area contributed by atoms with E-state index in [1.807, 2.05) is 0 Å². The van der Waals surface area contributed by atoms with Gasteiger partial charge in [-0.2, -0.15) is 0 Å². The van der Waals surface area contributed by atoms with E-state index in [9.17, 15) is 9.18 Å². The molecule has 120 valence electrons. The Labute approximate surface area is 139 Å². The Morgan fingerprint density at radius 1 is 1.00 bits per heavy atom. The largest absolute Gasteiger partial charge is 0.497 e. The van der Waals surface area contributed by atoms with Crippen molar-refractivity contribution in [1.29, 1.82) is 0 Å². The van der Waals surface area contributed by atoms with Gasteiger partial charge in [-0.15, -0.1) is 0 Å². The van der Waals surface area contributed by atoms with Crippen LogP contribution in [0, 0.1) is 5.82 Å². The zero-order valence-electron chi connectivity index (χ0n) is 13.0. The fourth-order valence-electron chi connectivity index (χ4n) is 2.22. The van der Waals surface area contributed by atoms with E-state index >= 15 is 0 Å². The maximum atomic E-state index is 12.9. The molecule has 0 saturated heterocycles. The van der Waals surface area contributed by atoms with Gasteiger partial charge in [-0.1, -0.05) is 0 Å². The molecule has 0 atom stereocenters. The van der Waals surface area contributed by atoms with Gasteiger partial charge in [-0.3, -0.25) is 4.79 Å². The Morgan fingerprint density at radius 3 is 2.38 bits per heavy atom. The van der Waals surface area contributed by atoms with Crippen LogP contribution >= 0.6 is 0 Å². The molecule has 0 aliphatic carbocycles. The van der Waals surface area contributed by atoms with Crippen LogP contribution in [0.3, 0.4) is 0 Å². The third-order valence-electron chi connectivity index (χ3n) is 3.53. The molecule has 0 unspecified atom stereocenters. The van der Waals surface area contributed by atoms with Crippen LogP contribution in [0.1, 0.15) is 16.1 Å². The summed E-state index contributed by atoms with van der Waals surface area (Å²) in [4.78, 5) is 12.1. The van der Waals surface area contributed by atoms with Gasteiger partial charge < -0.3 is 9.15 Å². The molecule has 3 aromatic rings. The number of halogens is 1. The molecular formula is C20H15FO3. The first-order chi connectivity index (χ1) is 11.7. The number of ketones is 1. The van der Waals surface area contributed by atoms with Gasteiger partial charge in [0, 0.05) is 11.1 Å². The Hall–Kier alpha value is -3.14. The smallest absolute Gasteiger partial charge is 0.185 e. The number of rotatable bonds is 5. The number of methoxy groups -OCH3 is 1. The van der Waals surface area contributed by atoms with Crippen LogP contribution in [0.5, 0.6) is 5.75 Å². The molecule has 0 fully saturated rings. The summed E-state index contributed by atoms with van der Waals surface area (Å²) in [6.45, 7) is 0. The highest BCUT2D eigenvalue weighted by Crippen LogP contribution is 2.23. The predicted molar refractivity (Wildman–Crippen MR) is 90.5 cm³/mol. The highest BCUT2D eigenvalue weighted by Gasteiger charge is 2.05. The maximum Gasteiger partial charge on any atom is 0.185 e. The van der Waals surface area contributed by atoms with Gasteiger partial charge in [0.2, 0.25) is 0 Å². The topological polar surface area (TPSA) is 39.4 Å². The average molecular weight is 322 g/mol. The van der Waals surface area contributed by atoms with E-state index < -0.39 is 0 Å². The lowest BCUT2D eigenvalue weighted by Gasteiger charge is -1.99. The van der Waals surface area contributed by atoms with Gasteiger partial charge >= 0.3 is 0 Å². The molecule has 0 N–H and O–H groups in total. The van der Waals surface area contributed by atoms with Crippen molar-refractivity contribution in [2.45, 2.75) is 0 Å². The molecule has 2 aromatic carbocycles. The van der Waals surface area contributed by atoms with Gasteiger partial charge in [-0.05, 0) is 72.8 Å². The monoisotopic (exact) mass is 322 g/mol. The fourth-order valence-corrected chi connectivity index (χ4v) is 2.22. The minimum absolute atomic E-state index is 0.127. The first-order valence-corrected chi connectivity index (χ1v) is 7.38. The number of hydrogen-bond donors (Lipinski definition) is 0. The number of allylic oxidation sites excluding steroid dienone is 1. The number of carbonyl (C=O) groups excluding carboxylic acids is 1. The van der Waals surface area contributed by atoms with Crippen LogP contribution in [0.15, 0.2) is 71.2 Å². The van der Waals surface area contributed by atoms with E-state index in [0.717, 1.165) is 5.56 Å². The number of benzene rings is 2. The Balaban J connectivity index is 1.72. The fraction of sp³-hybridized carbons (Fsp3) is 0.0500. The Kier molecular flexibility index (Phi) is 4.57. The van der Waals surface area contributed by atoms with Gasteiger partial charge in [0.25, 0.3) is 0 Å². The molecule has 4 heteroatoms. The average Bonchev–Trinajstić information content (AvgIpc) is 3.09. The van der Waals surface area contributed by atoms with E-state index in [-0.39, 0.29) is 11.6 Å². The van der Waals surface area contributed by atoms with Crippen LogP contribution in [-0.2, 0) is 0 Å². The molecule has 1 aromatic heterocycles. The van der Waals surface area contributed by atoms with Gasteiger partial charge in [0.05, 0.1) is 7.11 Å². The molecule has 3 rings (SSSR count). The molecule has 0 radical (unpaired) electrons. The van der Waals surface area contributed by atoms with Crippen molar-refractivity contribution in [2.24, 2.45) is 0 Å². The third-order valence-corrected chi connectivity index (χ3v) is 3.53. The Morgan fingerprint density at radius 2 is 1.71 bits per heavy atom. The van der Waals surface area contributed by atoms with Gasteiger partial charge in [0.1, 0.15) is 23.1 Å². The first kappa shape index (κ1) is 15.7. The van der Waals surface area contributed by atoms with E-state index in [0.29, 0.717) is 22.8 Å². The summed E-state index contributed by atoms with van der Waals surface area (Å²) in [6, 6.07) is 16.5. The SMILES string of the molecule is COc1ccc(C(=O)C=Cc2ccc(-c3ccc(F)cc3)o2)cc1. The van der Waals surface area contributed by atoms with Crippen LogP contribution in [0.4, 0.5) is 4.39 Å². The number of carbonyl (C=O) groups is 1. The molecule has 0 bridgehead atoms. The molecule has 3 nitrogen and oxygen atoms in total. The van der Waals surface area contributed by atoms with Crippen LogP contribution in [0.2, 0.25) is 0 Å². The van der Waals surface area contributed by atoms with Crippen molar-refractivity contribution in [3.05, 3.63) is 83.9 Å². The number of ether oxygens (including phenoxy) is 1. The Bertz CT molecular complexity index is 859. The van der Waals surface area contributed by atoms with E-state index in [4.69, 9.17) is 9.15 Å². The zero-order valence-corrected chi connectivity index (χ0v) is 13.0. The van der Waals surface area contributed by atoms with Crippen LogP contribution in [0.25, 0.3) is 17.4 Å². The molecule has 0 saturated carbocycles. The molecule has 0 aliphatic rings. The lowest BCUT2D eigenvalue weighted by atomic mass is 10.1. The summed E-state index contributed by atoms with van der Waals surface area (Å²) in [5, 5.41) is 0. The van der Waals surface area contributed by atoms with E-state index in [2.05, 4.69) is 0 Å². The second-order valence-electron chi connectivity index (χ2n) is 5.13. The third kappa shape index (κ3) is 3.60. The quantitative estimate of drug-likeness (QED) is 0.491. The van der Waals surface area contributed by atoms with E-state index in [1.54, 1.807) is 61.7 Å². The van der Waals surface area contributed by atoms with Crippen LogP contribution in [-0.4, -0.2) is 12.9 Å². The molecule has 0 spiro atoms. The highest BCUT2D eigenvalue weighted by molar-refractivity contribution is 6.06. The minimum Gasteiger partial charge on any atom is -0.497 e. The van der Waals surface area contributed by atoms with Gasteiger partial charge in [-0.25, -0.2) is 4.39 Å².